The lowest BCUT2D eigenvalue weighted by molar-refractivity contribution is 0.104. The first-order valence-corrected chi connectivity index (χ1v) is 10.9. The molecule has 0 amide bonds. The summed E-state index contributed by atoms with van der Waals surface area (Å²) in [5.74, 6) is 0.120. The van der Waals surface area contributed by atoms with Crippen LogP contribution >= 0.6 is 0 Å². The molecule has 0 aliphatic carbocycles. The molecule has 0 fully saturated rings. The molecule has 0 aliphatic rings. The van der Waals surface area contributed by atoms with Crippen molar-refractivity contribution in [1.82, 2.24) is 4.57 Å². The molecule has 28 heavy (non-hydrogen) atoms. The molecule has 0 unspecified atom stereocenters. The van der Waals surface area contributed by atoms with Crippen LogP contribution in [-0.2, 0) is 6.54 Å². The van der Waals surface area contributed by atoms with E-state index in [0.717, 1.165) is 28.6 Å². The number of unbranched alkanes of at least 4 members (excludes halogenated alkanes) is 7. The van der Waals surface area contributed by atoms with Crippen LogP contribution in [0.25, 0.3) is 10.9 Å². The first-order chi connectivity index (χ1) is 13.7. The first kappa shape index (κ1) is 20.4. The fourth-order valence-corrected chi connectivity index (χ4v) is 3.97. The van der Waals surface area contributed by atoms with Crippen molar-refractivity contribution in [3.63, 3.8) is 0 Å². The van der Waals surface area contributed by atoms with Crippen LogP contribution in [0.2, 0.25) is 0 Å². The number of benzene rings is 2. The van der Waals surface area contributed by atoms with Gasteiger partial charge in [0.15, 0.2) is 5.78 Å². The number of hydrogen-bond donors (Lipinski definition) is 0. The number of ketones is 1. The molecule has 0 bridgehead atoms. The summed E-state index contributed by atoms with van der Waals surface area (Å²) >= 11 is 0. The largest absolute Gasteiger partial charge is 0.347 e. The molecule has 0 spiro atoms. The van der Waals surface area contributed by atoms with Crippen molar-refractivity contribution < 1.29 is 4.79 Å². The second-order valence-corrected chi connectivity index (χ2v) is 7.93. The van der Waals surface area contributed by atoms with E-state index in [2.05, 4.69) is 35.9 Å². The van der Waals surface area contributed by atoms with Crippen LogP contribution in [-0.4, -0.2) is 10.4 Å². The van der Waals surface area contributed by atoms with Crippen LogP contribution in [0, 0.1) is 6.92 Å². The maximum Gasteiger partial charge on any atom is 0.195 e. The Morgan fingerprint density at radius 1 is 0.857 bits per heavy atom. The summed E-state index contributed by atoms with van der Waals surface area (Å²) in [4.78, 5) is 13.1. The minimum absolute atomic E-state index is 0.120. The number of nitrogens with zero attached hydrogens (tertiary/aromatic N) is 1. The molecule has 0 radical (unpaired) electrons. The average molecular weight is 376 g/mol. The zero-order chi connectivity index (χ0) is 19.8. The third kappa shape index (κ3) is 5.13. The van der Waals surface area contributed by atoms with E-state index in [1.54, 1.807) is 0 Å². The van der Waals surface area contributed by atoms with Gasteiger partial charge in [0.2, 0.25) is 0 Å². The standard InChI is InChI=1S/C26H33NO/c1-3-4-5-6-7-8-9-12-18-27-20-24(23-16-10-11-17-25(23)27)26(28)22-15-13-14-21(2)19-22/h10-11,13-17,19-20H,3-9,12,18H2,1-2H3. The summed E-state index contributed by atoms with van der Waals surface area (Å²) in [5, 5.41) is 1.06. The van der Waals surface area contributed by atoms with Gasteiger partial charge in [0.1, 0.15) is 0 Å². The highest BCUT2D eigenvalue weighted by atomic mass is 16.1. The fourth-order valence-electron chi connectivity index (χ4n) is 3.97. The number of rotatable bonds is 11. The monoisotopic (exact) mass is 375 g/mol. The summed E-state index contributed by atoms with van der Waals surface area (Å²) in [6.45, 7) is 5.28. The molecule has 0 aliphatic heterocycles. The van der Waals surface area contributed by atoms with Crippen LogP contribution in [0.4, 0.5) is 0 Å². The summed E-state index contributed by atoms with van der Waals surface area (Å²) in [7, 11) is 0. The minimum atomic E-state index is 0.120. The molecular weight excluding hydrogens is 342 g/mol. The highest BCUT2D eigenvalue weighted by molar-refractivity contribution is 6.16. The Kier molecular flexibility index (Phi) is 7.47. The molecule has 2 nitrogen and oxygen atoms in total. The predicted octanol–water partition coefficient (Wildman–Crippen LogP) is 7.32. The third-order valence-electron chi connectivity index (χ3n) is 5.57. The molecule has 2 heteroatoms. The van der Waals surface area contributed by atoms with E-state index in [4.69, 9.17) is 0 Å². The smallest absolute Gasteiger partial charge is 0.195 e. The van der Waals surface area contributed by atoms with E-state index in [1.165, 1.54) is 56.9 Å². The number of carbonyl (C=O) groups is 1. The molecule has 0 saturated heterocycles. The summed E-state index contributed by atoms with van der Waals surface area (Å²) in [5.41, 5.74) is 3.88. The molecule has 0 atom stereocenters. The first-order valence-electron chi connectivity index (χ1n) is 10.9. The summed E-state index contributed by atoms with van der Waals surface area (Å²) < 4.78 is 2.27. The van der Waals surface area contributed by atoms with E-state index in [9.17, 15) is 4.79 Å². The van der Waals surface area contributed by atoms with Crippen LogP contribution in [0.1, 0.15) is 79.8 Å². The maximum atomic E-state index is 13.1. The van der Waals surface area contributed by atoms with Gasteiger partial charge in [-0.05, 0) is 25.5 Å². The van der Waals surface area contributed by atoms with Gasteiger partial charge in [-0.2, -0.15) is 0 Å². The zero-order valence-electron chi connectivity index (χ0n) is 17.4. The van der Waals surface area contributed by atoms with Gasteiger partial charge in [0.25, 0.3) is 0 Å². The quantitative estimate of drug-likeness (QED) is 0.254. The predicted molar refractivity (Wildman–Crippen MR) is 119 cm³/mol. The lowest BCUT2D eigenvalue weighted by atomic mass is 10.0. The van der Waals surface area contributed by atoms with E-state index >= 15 is 0 Å². The van der Waals surface area contributed by atoms with Gasteiger partial charge >= 0.3 is 0 Å². The molecule has 0 saturated carbocycles. The molecule has 3 aromatic rings. The molecule has 3 rings (SSSR count). The summed E-state index contributed by atoms with van der Waals surface area (Å²) in [6, 6.07) is 16.2. The zero-order valence-corrected chi connectivity index (χ0v) is 17.4. The Morgan fingerprint density at radius 3 is 2.32 bits per heavy atom. The average Bonchev–Trinajstić information content (AvgIpc) is 3.08. The van der Waals surface area contributed by atoms with Gasteiger partial charge in [0, 0.05) is 34.8 Å². The van der Waals surface area contributed by atoms with Crippen LogP contribution < -0.4 is 0 Å². The Balaban J connectivity index is 1.66. The Labute approximate surface area is 169 Å². The number of aromatic nitrogens is 1. The number of carbonyl (C=O) groups excluding carboxylic acids is 1. The van der Waals surface area contributed by atoms with Gasteiger partial charge in [-0.3, -0.25) is 4.79 Å². The maximum absolute atomic E-state index is 13.1. The minimum Gasteiger partial charge on any atom is -0.347 e. The van der Waals surface area contributed by atoms with Gasteiger partial charge in [-0.15, -0.1) is 0 Å². The van der Waals surface area contributed by atoms with Crippen molar-refractivity contribution >= 4 is 16.7 Å². The summed E-state index contributed by atoms with van der Waals surface area (Å²) in [6.07, 6.45) is 12.6. The molecule has 2 aromatic carbocycles. The van der Waals surface area contributed by atoms with Crippen LogP contribution in [0.15, 0.2) is 54.7 Å². The van der Waals surface area contributed by atoms with Crippen molar-refractivity contribution in [2.45, 2.75) is 71.8 Å². The second-order valence-electron chi connectivity index (χ2n) is 7.93. The lowest BCUT2D eigenvalue weighted by Gasteiger charge is -2.05. The SMILES string of the molecule is CCCCCCCCCCn1cc(C(=O)c2cccc(C)c2)c2ccccc21. The second kappa shape index (κ2) is 10.3. The highest BCUT2D eigenvalue weighted by Crippen LogP contribution is 2.25. The van der Waals surface area contributed by atoms with E-state index in [-0.39, 0.29) is 5.78 Å². The van der Waals surface area contributed by atoms with Crippen LogP contribution in [0.3, 0.4) is 0 Å². The number of para-hydroxylation sites is 1. The van der Waals surface area contributed by atoms with Crippen molar-refractivity contribution in [3.05, 3.63) is 71.4 Å². The number of aryl methyl sites for hydroxylation is 2. The van der Waals surface area contributed by atoms with Crippen molar-refractivity contribution in [2.24, 2.45) is 0 Å². The lowest BCUT2D eigenvalue weighted by Crippen LogP contribution is -2.01. The third-order valence-corrected chi connectivity index (χ3v) is 5.57. The Bertz CT molecular complexity index is 906. The van der Waals surface area contributed by atoms with Gasteiger partial charge < -0.3 is 4.57 Å². The topological polar surface area (TPSA) is 22.0 Å². The van der Waals surface area contributed by atoms with E-state index in [1.807, 2.05) is 37.3 Å². The van der Waals surface area contributed by atoms with Crippen molar-refractivity contribution in [3.8, 4) is 0 Å². The Morgan fingerprint density at radius 2 is 1.57 bits per heavy atom. The molecule has 148 valence electrons. The van der Waals surface area contributed by atoms with Gasteiger partial charge in [-0.25, -0.2) is 0 Å². The molecule has 1 heterocycles. The van der Waals surface area contributed by atoms with E-state index in [0.29, 0.717) is 0 Å². The molecule has 1 aromatic heterocycles. The number of fused-ring (bicyclic) bond motifs is 1. The fraction of sp³-hybridized carbons (Fsp3) is 0.423. The Hall–Kier alpha value is -2.35. The van der Waals surface area contributed by atoms with E-state index < -0.39 is 0 Å². The molecular formula is C26H33NO. The van der Waals surface area contributed by atoms with Crippen molar-refractivity contribution in [2.75, 3.05) is 0 Å². The number of hydrogen-bond acceptors (Lipinski definition) is 1. The normalized spacial score (nSPS) is 11.2. The van der Waals surface area contributed by atoms with Gasteiger partial charge in [0.05, 0.1) is 0 Å². The van der Waals surface area contributed by atoms with Crippen LogP contribution in [0.5, 0.6) is 0 Å². The van der Waals surface area contributed by atoms with Gasteiger partial charge in [-0.1, -0.05) is 93.8 Å². The molecule has 0 N–H and O–H groups in total. The van der Waals surface area contributed by atoms with Crippen molar-refractivity contribution in [1.29, 1.82) is 0 Å². The highest BCUT2D eigenvalue weighted by Gasteiger charge is 2.16.